The molecule has 0 bridgehead atoms. The summed E-state index contributed by atoms with van der Waals surface area (Å²) in [6.45, 7) is 4.92. The van der Waals surface area contributed by atoms with Gasteiger partial charge in [0.2, 0.25) is 0 Å². The van der Waals surface area contributed by atoms with Gasteiger partial charge >= 0.3 is 39.5 Å². The molecule has 0 aliphatic rings. The minimum absolute atomic E-state index is 0.107. The van der Waals surface area contributed by atoms with Gasteiger partial charge in [0.05, 0.1) is 26.4 Å². The first-order valence-electron chi connectivity index (χ1n) is 36.3. The molecule has 0 aromatic heterocycles. The lowest BCUT2D eigenvalue weighted by Crippen LogP contribution is -2.30. The monoisotopic (exact) mass is 1300 g/mol. The summed E-state index contributed by atoms with van der Waals surface area (Å²) in [7, 11) is -9.89. The molecule has 0 aromatic rings. The van der Waals surface area contributed by atoms with Gasteiger partial charge in [-0.3, -0.25) is 37.3 Å². The summed E-state index contributed by atoms with van der Waals surface area (Å²) in [5, 5.41) is 10.6. The Balaban J connectivity index is 5.22. The molecule has 0 heterocycles. The van der Waals surface area contributed by atoms with Crippen LogP contribution in [0.2, 0.25) is 0 Å². The Morgan fingerprint density at radius 2 is 0.455 bits per heavy atom. The van der Waals surface area contributed by atoms with E-state index in [2.05, 4.69) is 27.7 Å². The van der Waals surface area contributed by atoms with E-state index in [9.17, 15) is 43.2 Å². The zero-order chi connectivity index (χ0) is 64.7. The van der Waals surface area contributed by atoms with Crippen LogP contribution in [-0.4, -0.2) is 96.7 Å². The minimum atomic E-state index is -4.95. The maximum atomic E-state index is 13.0. The van der Waals surface area contributed by atoms with Crippen LogP contribution >= 0.6 is 15.6 Å². The van der Waals surface area contributed by atoms with Crippen LogP contribution in [-0.2, 0) is 65.4 Å². The van der Waals surface area contributed by atoms with E-state index in [-0.39, 0.29) is 25.7 Å². The predicted molar refractivity (Wildman–Crippen MR) is 354 cm³/mol. The van der Waals surface area contributed by atoms with Crippen molar-refractivity contribution < 1.29 is 80.2 Å². The third-order valence-corrected chi connectivity index (χ3v) is 18.0. The third kappa shape index (κ3) is 62.8. The number of rotatable bonds is 70. The van der Waals surface area contributed by atoms with Crippen molar-refractivity contribution in [3.8, 4) is 0 Å². The van der Waals surface area contributed by atoms with Gasteiger partial charge in [-0.25, -0.2) is 9.13 Å². The van der Waals surface area contributed by atoms with Gasteiger partial charge in [0.1, 0.15) is 19.3 Å². The summed E-state index contributed by atoms with van der Waals surface area (Å²) >= 11 is 0. The van der Waals surface area contributed by atoms with Gasteiger partial charge in [0, 0.05) is 25.7 Å². The van der Waals surface area contributed by atoms with Crippen LogP contribution < -0.4 is 0 Å². The summed E-state index contributed by atoms with van der Waals surface area (Å²) in [6, 6.07) is 0. The van der Waals surface area contributed by atoms with Crippen molar-refractivity contribution in [2.75, 3.05) is 39.6 Å². The van der Waals surface area contributed by atoms with Gasteiger partial charge in [0.25, 0.3) is 0 Å². The van der Waals surface area contributed by atoms with E-state index in [1.165, 1.54) is 193 Å². The SMILES string of the molecule is CCCCCCCCCCCCCCCCCCC(=O)O[C@H](COC(=O)CCCCCCCCCCCCCCC)COP(=O)(O)OC[C@@H](O)COP(=O)(O)OC[C@@H](COC(=O)CCCCCCCCCCC)OC(=O)CCCCCCCCCCCC. The molecule has 0 amide bonds. The number of phosphoric ester groups is 2. The topological polar surface area (TPSA) is 237 Å². The number of phosphoric acid groups is 2. The van der Waals surface area contributed by atoms with Crippen LogP contribution in [0.5, 0.6) is 0 Å². The highest BCUT2D eigenvalue weighted by molar-refractivity contribution is 7.47. The highest BCUT2D eigenvalue weighted by Gasteiger charge is 2.30. The van der Waals surface area contributed by atoms with E-state index in [4.69, 9.17) is 37.0 Å². The largest absolute Gasteiger partial charge is 0.472 e. The maximum absolute atomic E-state index is 13.0. The molecule has 0 rings (SSSR count). The van der Waals surface area contributed by atoms with Crippen molar-refractivity contribution in [3.63, 3.8) is 0 Å². The summed E-state index contributed by atoms with van der Waals surface area (Å²) in [6.07, 6.45) is 51.2. The quantitative estimate of drug-likeness (QED) is 0.0222. The number of carbonyl (C=O) groups excluding carboxylic acids is 4. The number of ether oxygens (including phenoxy) is 4. The highest BCUT2D eigenvalue weighted by atomic mass is 31.2. The highest BCUT2D eigenvalue weighted by Crippen LogP contribution is 2.45. The number of aliphatic hydroxyl groups excluding tert-OH is 1. The fourth-order valence-corrected chi connectivity index (χ4v) is 12.1. The Hall–Kier alpha value is -1.94. The second kappa shape index (κ2) is 63.8. The lowest BCUT2D eigenvalue weighted by molar-refractivity contribution is -0.161. The van der Waals surface area contributed by atoms with E-state index in [1.807, 2.05) is 0 Å². The van der Waals surface area contributed by atoms with Crippen molar-refractivity contribution in [3.05, 3.63) is 0 Å². The van der Waals surface area contributed by atoms with E-state index in [0.29, 0.717) is 25.7 Å². The van der Waals surface area contributed by atoms with Crippen LogP contribution in [0.25, 0.3) is 0 Å². The molecule has 0 aliphatic carbocycles. The van der Waals surface area contributed by atoms with Crippen molar-refractivity contribution >= 4 is 39.5 Å². The molecule has 5 atom stereocenters. The van der Waals surface area contributed by atoms with Gasteiger partial charge < -0.3 is 33.8 Å². The first-order valence-corrected chi connectivity index (χ1v) is 39.3. The molecular formula is C69H134O17P2. The number of carbonyl (C=O) groups is 4. The molecule has 3 N–H and O–H groups in total. The predicted octanol–water partition coefficient (Wildman–Crippen LogP) is 19.9. The average Bonchev–Trinajstić information content (AvgIpc) is 3.56. The Bertz CT molecular complexity index is 1690. The van der Waals surface area contributed by atoms with E-state index in [1.54, 1.807) is 0 Å². The van der Waals surface area contributed by atoms with Crippen molar-refractivity contribution in [1.29, 1.82) is 0 Å². The molecule has 0 aliphatic heterocycles. The van der Waals surface area contributed by atoms with Gasteiger partial charge in [-0.05, 0) is 25.7 Å². The van der Waals surface area contributed by atoms with Crippen LogP contribution in [0, 0.1) is 0 Å². The Morgan fingerprint density at radius 3 is 0.670 bits per heavy atom. The van der Waals surface area contributed by atoms with Gasteiger partial charge in [0.15, 0.2) is 12.2 Å². The number of hydrogen-bond acceptors (Lipinski definition) is 15. The minimum Gasteiger partial charge on any atom is -0.462 e. The van der Waals surface area contributed by atoms with E-state index >= 15 is 0 Å². The number of unbranched alkanes of at least 4 members (excludes halogenated alkanes) is 44. The lowest BCUT2D eigenvalue weighted by atomic mass is 10.0. The van der Waals surface area contributed by atoms with Crippen LogP contribution in [0.3, 0.4) is 0 Å². The number of aliphatic hydroxyl groups is 1. The van der Waals surface area contributed by atoms with E-state index in [0.717, 1.165) is 89.9 Å². The summed E-state index contributed by atoms with van der Waals surface area (Å²) < 4.78 is 68.2. The zero-order valence-electron chi connectivity index (χ0n) is 56.7. The van der Waals surface area contributed by atoms with Crippen LogP contribution in [0.4, 0.5) is 0 Å². The molecule has 19 heteroatoms. The molecule has 0 saturated heterocycles. The van der Waals surface area contributed by atoms with Gasteiger partial charge in [-0.15, -0.1) is 0 Å². The van der Waals surface area contributed by atoms with Crippen LogP contribution in [0.1, 0.15) is 362 Å². The third-order valence-electron chi connectivity index (χ3n) is 16.1. The summed E-state index contributed by atoms with van der Waals surface area (Å²) in [5.74, 6) is -2.12. The van der Waals surface area contributed by atoms with Gasteiger partial charge in [-0.2, -0.15) is 0 Å². The second-order valence-electron chi connectivity index (χ2n) is 24.9. The van der Waals surface area contributed by atoms with Crippen molar-refractivity contribution in [2.45, 2.75) is 380 Å². The number of esters is 4. The molecule has 2 unspecified atom stereocenters. The number of hydrogen-bond donors (Lipinski definition) is 3. The Labute approximate surface area is 537 Å². The molecule has 88 heavy (non-hydrogen) atoms. The molecule has 0 fully saturated rings. The molecule has 0 saturated carbocycles. The van der Waals surface area contributed by atoms with Crippen molar-refractivity contribution in [2.24, 2.45) is 0 Å². The normalized spacial score (nSPS) is 14.0. The van der Waals surface area contributed by atoms with E-state index < -0.39 is 97.5 Å². The fraction of sp³-hybridized carbons (Fsp3) is 0.942. The lowest BCUT2D eigenvalue weighted by Gasteiger charge is -2.21. The maximum Gasteiger partial charge on any atom is 0.472 e. The van der Waals surface area contributed by atoms with Crippen molar-refractivity contribution in [1.82, 2.24) is 0 Å². The van der Waals surface area contributed by atoms with Gasteiger partial charge in [-0.1, -0.05) is 310 Å². The molecule has 522 valence electrons. The molecular weight excluding hydrogens is 1160 g/mol. The molecule has 0 aromatic carbocycles. The van der Waals surface area contributed by atoms with Crippen LogP contribution in [0.15, 0.2) is 0 Å². The first kappa shape index (κ1) is 86.1. The summed E-state index contributed by atoms with van der Waals surface area (Å²) in [5.41, 5.74) is 0. The standard InChI is InChI=1S/C69H134O17P2/c1-5-9-13-17-21-25-28-30-31-32-34-36-40-44-48-52-56-69(74)86-65(60-80-67(72)54-50-46-42-39-35-33-29-26-22-18-14-10-6-2)62-84-88(77,78)82-58-63(70)57-81-87(75,76)83-61-64(59-79-66(71)53-49-45-41-37-24-20-16-12-8-4)85-68(73)55-51-47-43-38-27-23-19-15-11-7-3/h63-65,70H,5-62H2,1-4H3,(H,75,76)(H,77,78)/t63-,64+,65+/m0/s1. The fourth-order valence-electron chi connectivity index (χ4n) is 10.5. The summed E-state index contributed by atoms with van der Waals surface area (Å²) in [4.78, 5) is 72.4. The molecule has 0 radical (unpaired) electrons. The smallest absolute Gasteiger partial charge is 0.462 e. The molecule has 0 spiro atoms. The average molecular weight is 1300 g/mol. The zero-order valence-corrected chi connectivity index (χ0v) is 58.5. The first-order chi connectivity index (χ1) is 42.7. The molecule has 17 nitrogen and oxygen atoms in total. The second-order valence-corrected chi connectivity index (χ2v) is 27.8. The Kier molecular flexibility index (Phi) is 62.4. The Morgan fingerprint density at radius 1 is 0.273 bits per heavy atom.